The van der Waals surface area contributed by atoms with Gasteiger partial charge in [-0.2, -0.15) is 0 Å². The largest absolute Gasteiger partial charge is 0.392 e. The fourth-order valence-corrected chi connectivity index (χ4v) is 2.41. The molecule has 0 radical (unpaired) electrons. The summed E-state index contributed by atoms with van der Waals surface area (Å²) in [5.74, 6) is 0.0741. The van der Waals surface area contributed by atoms with Gasteiger partial charge in [-0.3, -0.25) is 4.79 Å². The number of thiocarbonyl (C=S) groups is 1. The van der Waals surface area contributed by atoms with Crippen molar-refractivity contribution >= 4 is 23.1 Å². The Kier molecular flexibility index (Phi) is 2.47. The maximum atomic E-state index is 12.0. The average Bonchev–Trinajstić information content (AvgIpc) is 2.82. The summed E-state index contributed by atoms with van der Waals surface area (Å²) in [5.41, 5.74) is 5.18. The summed E-state index contributed by atoms with van der Waals surface area (Å²) < 4.78 is 0. The van der Waals surface area contributed by atoms with E-state index in [1.54, 1.807) is 0 Å². The van der Waals surface area contributed by atoms with Crippen molar-refractivity contribution in [2.45, 2.75) is 44.6 Å². The highest BCUT2D eigenvalue weighted by Crippen LogP contribution is 2.39. The van der Waals surface area contributed by atoms with E-state index in [9.17, 15) is 4.79 Å². The van der Waals surface area contributed by atoms with Gasteiger partial charge in [0.1, 0.15) is 0 Å². The van der Waals surface area contributed by atoms with Crippen molar-refractivity contribution in [2.75, 3.05) is 0 Å². The molecule has 78 valence electrons. The maximum absolute atomic E-state index is 12.0. The predicted molar refractivity (Wildman–Crippen MR) is 58.9 cm³/mol. The lowest BCUT2D eigenvalue weighted by atomic mass is 9.85. The number of carbonyl (C=O) groups is 1. The molecule has 0 heterocycles. The standard InChI is InChI=1S/C10H16N2OS/c11-8(14)10(5-1-2-6-10)9(13)12-7-3-4-7/h7H,1-6H2,(H2,11,14)(H,12,13). The van der Waals surface area contributed by atoms with E-state index in [4.69, 9.17) is 18.0 Å². The molecule has 0 aromatic carbocycles. The summed E-state index contributed by atoms with van der Waals surface area (Å²) in [7, 11) is 0. The van der Waals surface area contributed by atoms with Crippen LogP contribution in [0.1, 0.15) is 38.5 Å². The van der Waals surface area contributed by atoms with Gasteiger partial charge in [0.15, 0.2) is 0 Å². The maximum Gasteiger partial charge on any atom is 0.233 e. The molecule has 2 rings (SSSR count). The Balaban J connectivity index is 2.08. The Morgan fingerprint density at radius 1 is 1.36 bits per heavy atom. The van der Waals surface area contributed by atoms with E-state index in [0.29, 0.717) is 11.0 Å². The number of nitrogens with two attached hydrogens (primary N) is 1. The second-order valence-corrected chi connectivity index (χ2v) is 4.84. The van der Waals surface area contributed by atoms with Gasteiger partial charge >= 0.3 is 0 Å². The molecule has 2 fully saturated rings. The molecule has 2 aliphatic rings. The van der Waals surface area contributed by atoms with Crippen molar-refractivity contribution in [1.29, 1.82) is 0 Å². The predicted octanol–water partition coefficient (Wildman–Crippen LogP) is 1.11. The fourth-order valence-electron chi connectivity index (χ4n) is 2.12. The first-order valence-electron chi connectivity index (χ1n) is 5.26. The molecule has 3 nitrogen and oxygen atoms in total. The average molecular weight is 212 g/mol. The van der Waals surface area contributed by atoms with Crippen LogP contribution in [0, 0.1) is 5.41 Å². The van der Waals surface area contributed by atoms with E-state index in [1.807, 2.05) is 0 Å². The minimum absolute atomic E-state index is 0.0741. The third kappa shape index (κ3) is 1.63. The number of carbonyl (C=O) groups excluding carboxylic acids is 1. The van der Waals surface area contributed by atoms with Gasteiger partial charge in [-0.15, -0.1) is 0 Å². The topological polar surface area (TPSA) is 55.1 Å². The number of hydrogen-bond donors (Lipinski definition) is 2. The summed E-state index contributed by atoms with van der Waals surface area (Å²) in [6.45, 7) is 0. The fraction of sp³-hybridized carbons (Fsp3) is 0.800. The molecule has 1 amide bonds. The van der Waals surface area contributed by atoms with Crippen LogP contribution < -0.4 is 11.1 Å². The molecular formula is C10H16N2OS. The molecule has 0 saturated heterocycles. The molecule has 4 heteroatoms. The zero-order valence-corrected chi connectivity index (χ0v) is 9.03. The van der Waals surface area contributed by atoms with Gasteiger partial charge < -0.3 is 11.1 Å². The van der Waals surface area contributed by atoms with Gasteiger partial charge in [0.25, 0.3) is 0 Å². The van der Waals surface area contributed by atoms with Crippen LogP contribution >= 0.6 is 12.2 Å². The quantitative estimate of drug-likeness (QED) is 0.689. The van der Waals surface area contributed by atoms with Crippen molar-refractivity contribution in [2.24, 2.45) is 11.1 Å². The Morgan fingerprint density at radius 2 is 1.93 bits per heavy atom. The summed E-state index contributed by atoms with van der Waals surface area (Å²) in [5, 5.41) is 3.01. The molecule has 0 aromatic rings. The molecule has 2 aliphatic carbocycles. The molecule has 0 aromatic heterocycles. The first-order chi connectivity index (χ1) is 6.65. The van der Waals surface area contributed by atoms with Crippen LogP contribution in [0.15, 0.2) is 0 Å². The summed E-state index contributed by atoms with van der Waals surface area (Å²) >= 11 is 5.03. The minimum Gasteiger partial charge on any atom is -0.392 e. The van der Waals surface area contributed by atoms with Crippen LogP contribution in [0.2, 0.25) is 0 Å². The third-order valence-corrected chi connectivity index (χ3v) is 3.67. The van der Waals surface area contributed by atoms with Crippen LogP contribution in [0.5, 0.6) is 0 Å². The zero-order valence-electron chi connectivity index (χ0n) is 8.21. The molecule has 0 spiro atoms. The van der Waals surface area contributed by atoms with Gasteiger partial charge in [0.05, 0.1) is 10.4 Å². The number of amides is 1. The Bertz CT molecular complexity index is 267. The van der Waals surface area contributed by atoms with Crippen molar-refractivity contribution in [3.8, 4) is 0 Å². The summed E-state index contributed by atoms with van der Waals surface area (Å²) in [6.07, 6.45) is 6.02. The lowest BCUT2D eigenvalue weighted by molar-refractivity contribution is -0.127. The molecule has 2 saturated carbocycles. The Morgan fingerprint density at radius 3 is 2.36 bits per heavy atom. The zero-order chi connectivity index (χ0) is 10.2. The number of hydrogen-bond acceptors (Lipinski definition) is 2. The van der Waals surface area contributed by atoms with Crippen molar-refractivity contribution < 1.29 is 4.79 Å². The molecule has 0 aliphatic heterocycles. The van der Waals surface area contributed by atoms with Crippen LogP contribution in [-0.2, 0) is 4.79 Å². The van der Waals surface area contributed by atoms with Crippen LogP contribution in [0.3, 0.4) is 0 Å². The van der Waals surface area contributed by atoms with Gasteiger partial charge in [0.2, 0.25) is 5.91 Å². The van der Waals surface area contributed by atoms with E-state index in [0.717, 1.165) is 38.5 Å². The third-order valence-electron chi connectivity index (χ3n) is 3.28. The van der Waals surface area contributed by atoms with Crippen LogP contribution in [-0.4, -0.2) is 16.9 Å². The highest BCUT2D eigenvalue weighted by atomic mass is 32.1. The van der Waals surface area contributed by atoms with Crippen molar-refractivity contribution in [3.63, 3.8) is 0 Å². The molecule has 0 bridgehead atoms. The molecule has 0 atom stereocenters. The smallest absolute Gasteiger partial charge is 0.233 e. The lowest BCUT2D eigenvalue weighted by Crippen LogP contribution is -2.47. The number of nitrogens with one attached hydrogen (secondary N) is 1. The second kappa shape index (κ2) is 3.50. The van der Waals surface area contributed by atoms with E-state index < -0.39 is 5.41 Å². The van der Waals surface area contributed by atoms with E-state index in [2.05, 4.69) is 5.32 Å². The lowest BCUT2D eigenvalue weighted by Gasteiger charge is -2.26. The molecule has 14 heavy (non-hydrogen) atoms. The Labute approximate surface area is 89.4 Å². The molecule has 0 unspecified atom stereocenters. The number of rotatable bonds is 3. The highest BCUT2D eigenvalue weighted by Gasteiger charge is 2.45. The van der Waals surface area contributed by atoms with Gasteiger partial charge in [0, 0.05) is 6.04 Å². The van der Waals surface area contributed by atoms with E-state index >= 15 is 0 Å². The first-order valence-corrected chi connectivity index (χ1v) is 5.67. The minimum atomic E-state index is -0.516. The highest BCUT2D eigenvalue weighted by molar-refractivity contribution is 7.80. The molecule has 3 N–H and O–H groups in total. The van der Waals surface area contributed by atoms with Crippen LogP contribution in [0.4, 0.5) is 0 Å². The monoisotopic (exact) mass is 212 g/mol. The molecular weight excluding hydrogens is 196 g/mol. The SMILES string of the molecule is NC(=S)C1(C(=O)NC2CC2)CCCC1. The first kappa shape index (κ1) is 9.90. The van der Waals surface area contributed by atoms with Gasteiger partial charge in [-0.1, -0.05) is 25.1 Å². The van der Waals surface area contributed by atoms with Crippen molar-refractivity contribution in [3.05, 3.63) is 0 Å². The van der Waals surface area contributed by atoms with Crippen molar-refractivity contribution in [1.82, 2.24) is 5.32 Å². The Hall–Kier alpha value is -0.640. The summed E-state index contributed by atoms with van der Waals surface area (Å²) in [4.78, 5) is 12.4. The summed E-state index contributed by atoms with van der Waals surface area (Å²) in [6, 6.07) is 0.398. The van der Waals surface area contributed by atoms with Gasteiger partial charge in [-0.05, 0) is 25.7 Å². The van der Waals surface area contributed by atoms with Gasteiger partial charge in [-0.25, -0.2) is 0 Å². The van der Waals surface area contributed by atoms with Crippen LogP contribution in [0.25, 0.3) is 0 Å². The van der Waals surface area contributed by atoms with E-state index in [-0.39, 0.29) is 5.91 Å². The second-order valence-electron chi connectivity index (χ2n) is 4.40. The normalized spacial score (nSPS) is 24.6. The van der Waals surface area contributed by atoms with E-state index in [1.165, 1.54) is 0 Å².